The van der Waals surface area contributed by atoms with Crippen molar-refractivity contribution in [3.05, 3.63) is 16.6 Å². The minimum atomic E-state index is 0.741. The van der Waals surface area contributed by atoms with Gasteiger partial charge in [0.25, 0.3) is 0 Å². The van der Waals surface area contributed by atoms with Gasteiger partial charge in [0.2, 0.25) is 0 Å². The molecule has 0 aliphatic carbocycles. The summed E-state index contributed by atoms with van der Waals surface area (Å²) in [6, 6.07) is 0. The fourth-order valence-corrected chi connectivity index (χ4v) is 0.710. The van der Waals surface area contributed by atoms with Crippen LogP contribution in [-0.2, 0) is 0 Å². The second-order valence-corrected chi connectivity index (χ2v) is 1.99. The predicted octanol–water partition coefficient (Wildman–Crippen LogP) is 1.28. The summed E-state index contributed by atoms with van der Waals surface area (Å²) >= 11 is 3.13. The Balaban J connectivity index is 3.04. The van der Waals surface area contributed by atoms with Gasteiger partial charge in [-0.2, -0.15) is 0 Å². The van der Waals surface area contributed by atoms with Gasteiger partial charge in [-0.15, -0.1) is 0 Å². The summed E-state index contributed by atoms with van der Waals surface area (Å²) < 4.78 is 0.741. The molecule has 0 unspecified atom stereocenters. The number of aromatic nitrogens is 2. The average molecular weight is 160 g/mol. The Morgan fingerprint density at radius 2 is 2.57 bits per heavy atom. The highest BCUT2D eigenvalue weighted by Crippen LogP contribution is 2.01. The zero-order valence-corrected chi connectivity index (χ0v) is 5.41. The van der Waals surface area contributed by atoms with Crippen LogP contribution < -0.4 is 0 Å². The zero-order chi connectivity index (χ0) is 5.28. The van der Waals surface area contributed by atoms with Gasteiger partial charge in [-0.1, -0.05) is 0 Å². The average Bonchev–Trinajstić information content (AvgIpc) is 1.87. The van der Waals surface area contributed by atoms with Crippen molar-refractivity contribution in [1.29, 1.82) is 0 Å². The molecule has 1 N–H and O–H groups in total. The zero-order valence-electron chi connectivity index (χ0n) is 3.83. The number of hydrogen-bond acceptors (Lipinski definition) is 1. The summed E-state index contributed by atoms with van der Waals surface area (Å²) in [6.45, 7) is 1.88. The van der Waals surface area contributed by atoms with Crippen LogP contribution in [0, 0.1) is 13.1 Å². The molecule has 7 heavy (non-hydrogen) atoms. The molecule has 2 nitrogen and oxygen atoms in total. The molecule has 0 amide bonds. The third-order valence-corrected chi connectivity index (χ3v) is 0.988. The van der Waals surface area contributed by atoms with Crippen LogP contribution in [0.5, 0.6) is 0 Å². The molecule has 0 spiro atoms. The molecular formula is C4H4BrN2. The number of aryl methyl sites for hydroxylation is 1. The van der Waals surface area contributed by atoms with Crippen LogP contribution in [0.2, 0.25) is 0 Å². The normalized spacial score (nSPS) is 9.43. The van der Waals surface area contributed by atoms with Gasteiger partial charge in [0.15, 0.2) is 0 Å². The molecule has 1 radical (unpaired) electrons. The van der Waals surface area contributed by atoms with Gasteiger partial charge in [-0.3, -0.25) is 0 Å². The van der Waals surface area contributed by atoms with E-state index in [9.17, 15) is 0 Å². The first-order valence-corrected chi connectivity index (χ1v) is 2.68. The van der Waals surface area contributed by atoms with Gasteiger partial charge in [-0.05, 0) is 22.9 Å². The van der Waals surface area contributed by atoms with Crippen LogP contribution in [0.3, 0.4) is 0 Å². The maximum absolute atomic E-state index is 3.92. The van der Waals surface area contributed by atoms with E-state index in [0.29, 0.717) is 0 Å². The van der Waals surface area contributed by atoms with Gasteiger partial charge in [-0.25, -0.2) is 4.98 Å². The van der Waals surface area contributed by atoms with Crippen LogP contribution >= 0.6 is 15.9 Å². The second kappa shape index (κ2) is 1.66. The van der Waals surface area contributed by atoms with E-state index < -0.39 is 0 Å². The topological polar surface area (TPSA) is 28.7 Å². The number of imidazole rings is 1. The Labute approximate surface area is 50.1 Å². The molecule has 0 fully saturated rings. The first kappa shape index (κ1) is 4.84. The Bertz CT molecular complexity index is 142. The van der Waals surface area contributed by atoms with Crippen molar-refractivity contribution in [3.8, 4) is 0 Å². The highest BCUT2D eigenvalue weighted by molar-refractivity contribution is 9.10. The first-order chi connectivity index (χ1) is 3.29. The van der Waals surface area contributed by atoms with Crippen LogP contribution in [0.4, 0.5) is 0 Å². The molecule has 37 valence electrons. The van der Waals surface area contributed by atoms with Crippen molar-refractivity contribution in [2.75, 3.05) is 0 Å². The van der Waals surface area contributed by atoms with E-state index in [4.69, 9.17) is 0 Å². The molecule has 1 aromatic heterocycles. The van der Waals surface area contributed by atoms with Gasteiger partial charge in [0.05, 0.1) is 6.20 Å². The van der Waals surface area contributed by atoms with Gasteiger partial charge in [0, 0.05) is 0 Å². The Morgan fingerprint density at radius 3 is 2.71 bits per heavy atom. The largest absolute Gasteiger partial charge is 0.340 e. The number of halogens is 1. The highest BCUT2D eigenvalue weighted by Gasteiger charge is 1.87. The Hall–Kier alpha value is -0.310. The fourth-order valence-electron chi connectivity index (χ4n) is 0.345. The molecule has 0 aliphatic heterocycles. The van der Waals surface area contributed by atoms with E-state index in [2.05, 4.69) is 32.1 Å². The van der Waals surface area contributed by atoms with Crippen LogP contribution in [0.25, 0.3) is 0 Å². The van der Waals surface area contributed by atoms with E-state index >= 15 is 0 Å². The molecule has 0 bridgehead atoms. The van der Waals surface area contributed by atoms with E-state index in [-0.39, 0.29) is 0 Å². The maximum atomic E-state index is 3.92. The fraction of sp³-hybridized carbons (Fsp3) is 0.250. The summed E-state index contributed by atoms with van der Waals surface area (Å²) in [5.74, 6) is 0.881. The minimum Gasteiger partial charge on any atom is -0.340 e. The standard InChI is InChI=1S/C4H4BrN2/c1-3-6-2-4(5)7-3/h1H3,(H,6,7). The van der Waals surface area contributed by atoms with E-state index in [1.165, 1.54) is 0 Å². The maximum Gasteiger partial charge on any atom is 0.133 e. The van der Waals surface area contributed by atoms with Crippen molar-refractivity contribution >= 4 is 15.9 Å². The number of aromatic amines is 1. The molecule has 0 atom stereocenters. The summed E-state index contributed by atoms with van der Waals surface area (Å²) in [6.07, 6.45) is 2.75. The van der Waals surface area contributed by atoms with Gasteiger partial charge < -0.3 is 4.98 Å². The summed E-state index contributed by atoms with van der Waals surface area (Å²) in [5.41, 5.74) is 0. The monoisotopic (exact) mass is 159 g/mol. The predicted molar refractivity (Wildman–Crippen MR) is 29.9 cm³/mol. The van der Waals surface area contributed by atoms with Gasteiger partial charge >= 0.3 is 0 Å². The number of nitrogens with one attached hydrogen (secondary N) is 1. The molecule has 3 heteroatoms. The summed E-state index contributed by atoms with van der Waals surface area (Å²) in [4.78, 5) is 6.70. The van der Waals surface area contributed by atoms with Crippen LogP contribution in [0.15, 0.2) is 4.60 Å². The van der Waals surface area contributed by atoms with Crippen LogP contribution in [-0.4, -0.2) is 9.97 Å². The molecule has 0 saturated heterocycles. The molecule has 0 aromatic carbocycles. The smallest absolute Gasteiger partial charge is 0.133 e. The number of nitrogens with zero attached hydrogens (tertiary/aromatic N) is 1. The van der Waals surface area contributed by atoms with Gasteiger partial charge in [0.1, 0.15) is 10.4 Å². The lowest BCUT2D eigenvalue weighted by Gasteiger charge is -1.70. The van der Waals surface area contributed by atoms with Crippen molar-refractivity contribution in [1.82, 2.24) is 9.97 Å². The first-order valence-electron chi connectivity index (χ1n) is 1.89. The lowest BCUT2D eigenvalue weighted by atomic mass is 10.8. The third kappa shape index (κ3) is 1.03. The number of rotatable bonds is 0. The van der Waals surface area contributed by atoms with E-state index in [0.717, 1.165) is 10.4 Å². The molecule has 0 saturated carbocycles. The quantitative estimate of drug-likeness (QED) is 0.608. The summed E-state index contributed by atoms with van der Waals surface area (Å²) in [5, 5.41) is 0. The Morgan fingerprint density at radius 1 is 1.86 bits per heavy atom. The second-order valence-electron chi connectivity index (χ2n) is 1.24. The molecular weight excluding hydrogens is 156 g/mol. The molecule has 1 rings (SSSR count). The third-order valence-electron chi connectivity index (χ3n) is 0.612. The van der Waals surface area contributed by atoms with Crippen molar-refractivity contribution in [3.63, 3.8) is 0 Å². The SMILES string of the molecule is Cc1nc(Br)[c][nH]1. The minimum absolute atomic E-state index is 0.741. The lowest BCUT2D eigenvalue weighted by molar-refractivity contribution is 1.14. The molecule has 1 aromatic rings. The van der Waals surface area contributed by atoms with Crippen molar-refractivity contribution < 1.29 is 0 Å². The van der Waals surface area contributed by atoms with E-state index in [1.807, 2.05) is 6.92 Å². The van der Waals surface area contributed by atoms with Crippen molar-refractivity contribution in [2.45, 2.75) is 6.92 Å². The van der Waals surface area contributed by atoms with E-state index in [1.54, 1.807) is 0 Å². The van der Waals surface area contributed by atoms with Crippen LogP contribution in [0.1, 0.15) is 5.82 Å². The lowest BCUT2D eigenvalue weighted by Crippen LogP contribution is -1.68. The number of hydrogen-bond donors (Lipinski definition) is 1. The summed E-state index contributed by atoms with van der Waals surface area (Å²) in [7, 11) is 0. The molecule has 0 aliphatic rings. The molecule has 1 heterocycles. The number of H-pyrrole nitrogens is 1. The highest BCUT2D eigenvalue weighted by atomic mass is 79.9. The Kier molecular flexibility index (Phi) is 1.15. The van der Waals surface area contributed by atoms with Crippen molar-refractivity contribution in [2.24, 2.45) is 0 Å².